The maximum Gasteiger partial charge on any atom is 0.238 e. The third-order valence-corrected chi connectivity index (χ3v) is 3.88. The van der Waals surface area contributed by atoms with E-state index in [2.05, 4.69) is 37.1 Å². The quantitative estimate of drug-likeness (QED) is 0.731. The molecule has 0 N–H and O–H groups in total. The number of halogens is 1. The van der Waals surface area contributed by atoms with E-state index in [0.29, 0.717) is 34.0 Å². The molecule has 0 radical (unpaired) electrons. The molecule has 1 aliphatic rings. The highest BCUT2D eigenvalue weighted by Gasteiger charge is 2.44. The topological polar surface area (TPSA) is 65.0 Å². The maximum atomic E-state index is 5.42. The van der Waals surface area contributed by atoms with Crippen LogP contribution in [0, 0.1) is 0 Å². The average molecular weight is 332 g/mol. The second-order valence-corrected chi connectivity index (χ2v) is 5.58. The number of rotatable bonds is 3. The van der Waals surface area contributed by atoms with Crippen LogP contribution in [0.25, 0.3) is 11.6 Å². The fraction of sp³-hybridized carbons (Fsp3) is 0.214. The van der Waals surface area contributed by atoms with Crippen LogP contribution in [0.15, 0.2) is 50.3 Å². The summed E-state index contributed by atoms with van der Waals surface area (Å²) in [6.07, 6.45) is 4.70. The zero-order chi connectivity index (χ0) is 13.5. The Morgan fingerprint density at radius 2 is 2.15 bits per heavy atom. The van der Waals surface area contributed by atoms with Crippen molar-refractivity contribution in [1.82, 2.24) is 15.1 Å². The van der Waals surface area contributed by atoms with Gasteiger partial charge in [0.25, 0.3) is 0 Å². The second-order valence-electron chi connectivity index (χ2n) is 4.80. The Morgan fingerprint density at radius 1 is 1.20 bits per heavy atom. The van der Waals surface area contributed by atoms with Crippen LogP contribution in [0.1, 0.15) is 29.7 Å². The lowest BCUT2D eigenvalue weighted by molar-refractivity contribution is 0.377. The molecule has 2 atom stereocenters. The molecule has 0 saturated heterocycles. The zero-order valence-corrected chi connectivity index (χ0v) is 11.9. The summed E-state index contributed by atoms with van der Waals surface area (Å²) in [6.45, 7) is 0. The Hall–Kier alpha value is -1.95. The predicted octanol–water partition coefficient (Wildman–Crippen LogP) is 3.76. The predicted molar refractivity (Wildman–Crippen MR) is 74.0 cm³/mol. The highest BCUT2D eigenvalue weighted by molar-refractivity contribution is 9.10. The Kier molecular flexibility index (Phi) is 2.70. The van der Waals surface area contributed by atoms with E-state index in [0.717, 1.165) is 6.42 Å². The molecular weight excluding hydrogens is 322 g/mol. The van der Waals surface area contributed by atoms with Crippen molar-refractivity contribution in [2.24, 2.45) is 0 Å². The van der Waals surface area contributed by atoms with Crippen LogP contribution in [0.2, 0.25) is 0 Å². The van der Waals surface area contributed by atoms with Crippen LogP contribution < -0.4 is 0 Å². The van der Waals surface area contributed by atoms with E-state index in [4.69, 9.17) is 8.94 Å². The van der Waals surface area contributed by atoms with Gasteiger partial charge in [-0.05, 0) is 52.0 Å². The first-order chi connectivity index (χ1) is 9.81. The van der Waals surface area contributed by atoms with E-state index in [1.807, 2.05) is 18.3 Å². The molecule has 3 heterocycles. The van der Waals surface area contributed by atoms with Crippen molar-refractivity contribution in [2.45, 2.75) is 18.3 Å². The molecule has 1 saturated carbocycles. The standard InChI is InChI=1S/C14H10BrN3O2/c15-12-4-3-11(19-12)13-17-14(20-18-13)10-6-9(10)8-2-1-5-16-7-8/h1-5,7,9-10H,6H2/t9-,10+/m1/s1. The maximum absolute atomic E-state index is 5.42. The van der Waals surface area contributed by atoms with Crippen LogP contribution in [-0.4, -0.2) is 15.1 Å². The van der Waals surface area contributed by atoms with Crippen molar-refractivity contribution < 1.29 is 8.94 Å². The van der Waals surface area contributed by atoms with Gasteiger partial charge in [0, 0.05) is 18.3 Å². The number of hydrogen-bond acceptors (Lipinski definition) is 5. The van der Waals surface area contributed by atoms with Crippen LogP contribution in [0.5, 0.6) is 0 Å². The highest BCUT2D eigenvalue weighted by atomic mass is 79.9. The minimum Gasteiger partial charge on any atom is -0.446 e. The van der Waals surface area contributed by atoms with Gasteiger partial charge < -0.3 is 8.94 Å². The van der Waals surface area contributed by atoms with Gasteiger partial charge in [-0.15, -0.1) is 0 Å². The van der Waals surface area contributed by atoms with Gasteiger partial charge in [-0.1, -0.05) is 11.2 Å². The third-order valence-electron chi connectivity index (χ3n) is 3.46. The largest absolute Gasteiger partial charge is 0.446 e. The van der Waals surface area contributed by atoms with Crippen LogP contribution >= 0.6 is 15.9 Å². The van der Waals surface area contributed by atoms with Crippen molar-refractivity contribution in [3.05, 3.63) is 52.8 Å². The van der Waals surface area contributed by atoms with E-state index in [1.54, 1.807) is 12.3 Å². The normalized spacial score (nSPS) is 21.1. The highest BCUT2D eigenvalue weighted by Crippen LogP contribution is 2.54. The SMILES string of the molecule is Brc1ccc(-c2noc([C@H]3C[C@@H]3c3cccnc3)n2)o1. The first kappa shape index (κ1) is 11.8. The van der Waals surface area contributed by atoms with E-state index < -0.39 is 0 Å². The molecule has 0 spiro atoms. The lowest BCUT2D eigenvalue weighted by atomic mass is 10.1. The molecule has 0 bridgehead atoms. The number of furan rings is 1. The summed E-state index contributed by atoms with van der Waals surface area (Å²) in [4.78, 5) is 8.56. The molecule has 100 valence electrons. The molecule has 0 amide bonds. The molecule has 3 aromatic heterocycles. The van der Waals surface area contributed by atoms with Crippen molar-refractivity contribution in [2.75, 3.05) is 0 Å². The van der Waals surface area contributed by atoms with Gasteiger partial charge in [0.1, 0.15) is 0 Å². The molecule has 1 fully saturated rings. The second kappa shape index (κ2) is 4.56. The molecule has 20 heavy (non-hydrogen) atoms. The van der Waals surface area contributed by atoms with Gasteiger partial charge >= 0.3 is 0 Å². The molecular formula is C14H10BrN3O2. The zero-order valence-electron chi connectivity index (χ0n) is 10.4. The van der Waals surface area contributed by atoms with Gasteiger partial charge in [-0.3, -0.25) is 4.98 Å². The molecule has 0 aromatic carbocycles. The monoisotopic (exact) mass is 331 g/mol. The lowest BCUT2D eigenvalue weighted by Crippen LogP contribution is -1.85. The molecule has 0 aliphatic heterocycles. The molecule has 3 aromatic rings. The molecule has 5 nitrogen and oxygen atoms in total. The summed E-state index contributed by atoms with van der Waals surface area (Å²) in [6, 6.07) is 7.65. The van der Waals surface area contributed by atoms with Gasteiger partial charge in [-0.25, -0.2) is 0 Å². The van der Waals surface area contributed by atoms with Crippen molar-refractivity contribution in [1.29, 1.82) is 0 Å². The molecule has 6 heteroatoms. The fourth-order valence-electron chi connectivity index (χ4n) is 2.35. The Morgan fingerprint density at radius 3 is 2.90 bits per heavy atom. The number of nitrogens with zero attached hydrogens (tertiary/aromatic N) is 3. The van der Waals surface area contributed by atoms with Gasteiger partial charge in [0.05, 0.1) is 0 Å². The minimum absolute atomic E-state index is 0.291. The third kappa shape index (κ3) is 2.06. The van der Waals surface area contributed by atoms with Crippen molar-refractivity contribution in [3.8, 4) is 11.6 Å². The first-order valence-corrected chi connectivity index (χ1v) is 7.10. The average Bonchev–Trinajstić information content (AvgIpc) is 2.91. The lowest BCUT2D eigenvalue weighted by Gasteiger charge is -1.95. The van der Waals surface area contributed by atoms with Gasteiger partial charge in [-0.2, -0.15) is 4.98 Å². The Labute approximate surface area is 123 Å². The number of pyridine rings is 1. The molecule has 0 unspecified atom stereocenters. The van der Waals surface area contributed by atoms with E-state index in [9.17, 15) is 0 Å². The van der Waals surface area contributed by atoms with Gasteiger partial charge in [0.2, 0.25) is 11.7 Å². The van der Waals surface area contributed by atoms with Crippen LogP contribution in [0.3, 0.4) is 0 Å². The molecule has 4 rings (SSSR count). The van der Waals surface area contributed by atoms with Gasteiger partial charge in [0.15, 0.2) is 10.4 Å². The van der Waals surface area contributed by atoms with E-state index in [1.165, 1.54) is 5.56 Å². The number of aromatic nitrogens is 3. The van der Waals surface area contributed by atoms with Crippen LogP contribution in [-0.2, 0) is 0 Å². The Balaban J connectivity index is 1.56. The summed E-state index contributed by atoms with van der Waals surface area (Å²) in [5, 5.41) is 3.97. The van der Waals surface area contributed by atoms with E-state index in [-0.39, 0.29) is 0 Å². The van der Waals surface area contributed by atoms with Crippen LogP contribution in [0.4, 0.5) is 0 Å². The summed E-state index contributed by atoms with van der Waals surface area (Å²) in [5.41, 5.74) is 1.22. The smallest absolute Gasteiger partial charge is 0.238 e. The number of hydrogen-bond donors (Lipinski definition) is 0. The van der Waals surface area contributed by atoms with E-state index >= 15 is 0 Å². The minimum atomic E-state index is 0.291. The summed E-state index contributed by atoms with van der Waals surface area (Å²) < 4.78 is 11.4. The van der Waals surface area contributed by atoms with Crippen molar-refractivity contribution >= 4 is 15.9 Å². The summed E-state index contributed by atoms with van der Waals surface area (Å²) in [5.74, 6) is 2.48. The fourth-order valence-corrected chi connectivity index (χ4v) is 2.66. The Bertz CT molecular complexity index is 738. The summed E-state index contributed by atoms with van der Waals surface area (Å²) >= 11 is 3.26. The first-order valence-electron chi connectivity index (χ1n) is 6.30. The van der Waals surface area contributed by atoms with Crippen molar-refractivity contribution in [3.63, 3.8) is 0 Å². The summed E-state index contributed by atoms with van der Waals surface area (Å²) in [7, 11) is 0. The molecule has 1 aliphatic carbocycles.